The lowest BCUT2D eigenvalue weighted by Crippen LogP contribution is -2.19. The zero-order valence-corrected chi connectivity index (χ0v) is 16.7. The molecule has 2 aromatic carbocycles. The Morgan fingerprint density at radius 1 is 1.30 bits per heavy atom. The van der Waals surface area contributed by atoms with Gasteiger partial charge in [0.25, 0.3) is 5.91 Å². The Morgan fingerprint density at radius 2 is 2.04 bits per heavy atom. The number of nitrogens with zero attached hydrogens (tertiary/aromatic N) is 1. The lowest BCUT2D eigenvalue weighted by molar-refractivity contribution is 0.102. The molecule has 0 aromatic heterocycles. The quantitative estimate of drug-likeness (QED) is 0.768. The van der Waals surface area contributed by atoms with Crippen molar-refractivity contribution in [2.45, 2.75) is 20.3 Å². The Kier molecular flexibility index (Phi) is 6.11. The van der Waals surface area contributed by atoms with Crippen molar-refractivity contribution in [2.24, 2.45) is 5.92 Å². The molecule has 0 aliphatic carbocycles. The first-order chi connectivity index (χ1) is 13.0. The van der Waals surface area contributed by atoms with Gasteiger partial charge in [-0.3, -0.25) is 4.79 Å². The normalized spacial score (nSPS) is 16.3. The van der Waals surface area contributed by atoms with E-state index in [1.165, 1.54) is 19.2 Å². The van der Waals surface area contributed by atoms with Crippen LogP contribution in [-0.4, -0.2) is 32.7 Å². The molecule has 1 aliphatic heterocycles. The molecule has 6 heteroatoms. The number of methoxy groups -OCH3 is 1. The van der Waals surface area contributed by atoms with Crippen molar-refractivity contribution in [3.8, 4) is 11.5 Å². The maximum atomic E-state index is 12.6. The van der Waals surface area contributed by atoms with Gasteiger partial charge >= 0.3 is 0 Å². The second-order valence-corrected chi connectivity index (χ2v) is 7.17. The van der Waals surface area contributed by atoms with Crippen molar-refractivity contribution in [3.63, 3.8) is 0 Å². The topological polar surface area (TPSA) is 50.8 Å². The molecule has 1 fully saturated rings. The van der Waals surface area contributed by atoms with Crippen LogP contribution in [-0.2, 0) is 0 Å². The van der Waals surface area contributed by atoms with E-state index >= 15 is 0 Å². The number of hydrogen-bond donors (Lipinski definition) is 1. The predicted octanol–water partition coefficient (Wildman–Crippen LogP) is 4.85. The van der Waals surface area contributed by atoms with Crippen LogP contribution in [0.4, 0.5) is 11.4 Å². The number of amides is 1. The number of ether oxygens (including phenoxy) is 2. The van der Waals surface area contributed by atoms with E-state index in [1.54, 1.807) is 12.1 Å². The monoisotopic (exact) mass is 388 g/mol. The molecule has 0 spiro atoms. The summed E-state index contributed by atoms with van der Waals surface area (Å²) < 4.78 is 10.8. The molecule has 2 aromatic rings. The largest absolute Gasteiger partial charge is 0.493 e. The van der Waals surface area contributed by atoms with Gasteiger partial charge in [-0.2, -0.15) is 0 Å². The summed E-state index contributed by atoms with van der Waals surface area (Å²) in [5.41, 5.74) is 2.33. The highest BCUT2D eigenvalue weighted by molar-refractivity contribution is 6.32. The van der Waals surface area contributed by atoms with Crippen LogP contribution in [0.25, 0.3) is 0 Å². The van der Waals surface area contributed by atoms with Gasteiger partial charge in [-0.15, -0.1) is 0 Å². The molecule has 1 amide bonds. The summed E-state index contributed by atoms with van der Waals surface area (Å²) in [5, 5.41) is 3.25. The molecular weight excluding hydrogens is 364 g/mol. The summed E-state index contributed by atoms with van der Waals surface area (Å²) in [4.78, 5) is 15.0. The van der Waals surface area contributed by atoms with Crippen LogP contribution in [0.15, 0.2) is 36.4 Å². The van der Waals surface area contributed by atoms with Gasteiger partial charge in [-0.1, -0.05) is 18.5 Å². The van der Waals surface area contributed by atoms with Crippen LogP contribution in [0.3, 0.4) is 0 Å². The van der Waals surface area contributed by atoms with Crippen molar-refractivity contribution in [1.82, 2.24) is 0 Å². The van der Waals surface area contributed by atoms with Crippen molar-refractivity contribution >= 4 is 28.9 Å². The van der Waals surface area contributed by atoms with Gasteiger partial charge in [-0.05, 0) is 55.7 Å². The van der Waals surface area contributed by atoms with Gasteiger partial charge in [0.15, 0.2) is 11.5 Å². The fourth-order valence-electron chi connectivity index (χ4n) is 3.26. The number of halogens is 1. The summed E-state index contributed by atoms with van der Waals surface area (Å²) in [6, 6.07) is 11.1. The Bertz CT molecular complexity index is 808. The first-order valence-electron chi connectivity index (χ1n) is 9.18. The maximum absolute atomic E-state index is 12.6. The number of hydrogen-bond acceptors (Lipinski definition) is 4. The molecule has 1 saturated heterocycles. The number of benzene rings is 2. The molecule has 0 bridgehead atoms. The van der Waals surface area contributed by atoms with Gasteiger partial charge in [-0.25, -0.2) is 0 Å². The van der Waals surface area contributed by atoms with E-state index < -0.39 is 0 Å². The molecule has 5 nitrogen and oxygen atoms in total. The zero-order chi connectivity index (χ0) is 19.4. The summed E-state index contributed by atoms with van der Waals surface area (Å²) in [5.74, 6) is 1.36. The molecule has 27 heavy (non-hydrogen) atoms. The van der Waals surface area contributed by atoms with Crippen LogP contribution in [0.5, 0.6) is 11.5 Å². The van der Waals surface area contributed by atoms with Crippen molar-refractivity contribution < 1.29 is 14.3 Å². The van der Waals surface area contributed by atoms with E-state index in [2.05, 4.69) is 17.1 Å². The Balaban J connectivity index is 1.72. The molecule has 0 radical (unpaired) electrons. The predicted molar refractivity (Wildman–Crippen MR) is 110 cm³/mol. The lowest BCUT2D eigenvalue weighted by atomic mass is 10.1. The van der Waals surface area contributed by atoms with Gasteiger partial charge in [0, 0.05) is 30.0 Å². The minimum Gasteiger partial charge on any atom is -0.493 e. The van der Waals surface area contributed by atoms with Crippen LogP contribution < -0.4 is 19.7 Å². The molecule has 1 atom stereocenters. The minimum absolute atomic E-state index is 0.249. The smallest absolute Gasteiger partial charge is 0.255 e. The molecule has 1 N–H and O–H groups in total. The molecular formula is C21H25ClN2O3. The molecule has 1 unspecified atom stereocenters. The van der Waals surface area contributed by atoms with Gasteiger partial charge in [0.1, 0.15) is 0 Å². The third-order valence-electron chi connectivity index (χ3n) is 4.69. The van der Waals surface area contributed by atoms with Crippen LogP contribution in [0.1, 0.15) is 30.6 Å². The number of nitrogens with one attached hydrogen (secondary N) is 1. The summed E-state index contributed by atoms with van der Waals surface area (Å²) >= 11 is 6.25. The highest BCUT2D eigenvalue weighted by Gasteiger charge is 2.19. The number of anilines is 2. The fraction of sp³-hybridized carbons (Fsp3) is 0.381. The average Bonchev–Trinajstić information content (AvgIpc) is 3.10. The number of carbonyl (C=O) groups excluding carboxylic acids is 1. The highest BCUT2D eigenvalue weighted by Crippen LogP contribution is 2.36. The Morgan fingerprint density at radius 3 is 2.63 bits per heavy atom. The Hall–Kier alpha value is -2.40. The second-order valence-electron chi connectivity index (χ2n) is 6.76. The molecule has 1 heterocycles. The summed E-state index contributed by atoms with van der Waals surface area (Å²) in [6.45, 7) is 6.75. The standard InChI is InChI=1S/C21H25ClN2O3/c1-4-27-20-18(22)11-15(12-19(20)26-3)21(25)23-16-5-7-17(8-6-16)24-10-9-14(2)13-24/h5-8,11-12,14H,4,9-10,13H2,1-3H3,(H,23,25). The first kappa shape index (κ1) is 19.4. The van der Waals surface area contributed by atoms with Gasteiger partial charge in [0.05, 0.1) is 18.7 Å². The van der Waals surface area contributed by atoms with Crippen molar-refractivity contribution in [1.29, 1.82) is 0 Å². The molecule has 1 aliphatic rings. The molecule has 3 rings (SSSR count). The Labute approximate surface area is 165 Å². The van der Waals surface area contributed by atoms with Crippen LogP contribution in [0.2, 0.25) is 5.02 Å². The van der Waals surface area contributed by atoms with E-state index in [9.17, 15) is 4.79 Å². The minimum atomic E-state index is -0.249. The van der Waals surface area contributed by atoms with Crippen LogP contribution in [0, 0.1) is 5.92 Å². The van der Waals surface area contributed by atoms with E-state index in [0.29, 0.717) is 28.7 Å². The zero-order valence-electron chi connectivity index (χ0n) is 15.9. The van der Waals surface area contributed by atoms with E-state index in [4.69, 9.17) is 21.1 Å². The number of carbonyl (C=O) groups is 1. The van der Waals surface area contributed by atoms with E-state index in [1.807, 2.05) is 31.2 Å². The average molecular weight is 389 g/mol. The van der Waals surface area contributed by atoms with Crippen molar-refractivity contribution in [2.75, 3.05) is 37.0 Å². The third-order valence-corrected chi connectivity index (χ3v) is 4.98. The lowest BCUT2D eigenvalue weighted by Gasteiger charge is -2.18. The van der Waals surface area contributed by atoms with Gasteiger partial charge in [0.2, 0.25) is 0 Å². The maximum Gasteiger partial charge on any atom is 0.255 e. The summed E-state index contributed by atoms with van der Waals surface area (Å²) in [6.07, 6.45) is 1.22. The molecule has 144 valence electrons. The highest BCUT2D eigenvalue weighted by atomic mass is 35.5. The molecule has 0 saturated carbocycles. The second kappa shape index (κ2) is 8.53. The van der Waals surface area contributed by atoms with Gasteiger partial charge < -0.3 is 19.7 Å². The van der Waals surface area contributed by atoms with E-state index in [-0.39, 0.29) is 5.91 Å². The fourth-order valence-corrected chi connectivity index (χ4v) is 3.53. The number of rotatable bonds is 6. The van der Waals surface area contributed by atoms with E-state index in [0.717, 1.165) is 24.7 Å². The van der Waals surface area contributed by atoms with Crippen LogP contribution >= 0.6 is 11.6 Å². The third kappa shape index (κ3) is 4.48. The van der Waals surface area contributed by atoms with Crippen molar-refractivity contribution in [3.05, 3.63) is 47.0 Å². The SMILES string of the molecule is CCOc1c(Cl)cc(C(=O)Nc2ccc(N3CCC(C)C3)cc2)cc1OC. The summed E-state index contributed by atoms with van der Waals surface area (Å²) in [7, 11) is 1.52. The first-order valence-corrected chi connectivity index (χ1v) is 9.56.